The van der Waals surface area contributed by atoms with Crippen LogP contribution >= 0.6 is 39.1 Å². The fourth-order valence-corrected chi connectivity index (χ4v) is 3.42. The first-order valence-electron chi connectivity index (χ1n) is 7.27. The number of benzene rings is 1. The summed E-state index contributed by atoms with van der Waals surface area (Å²) in [7, 11) is 1.18. The predicted molar refractivity (Wildman–Crippen MR) is 95.7 cm³/mol. The maximum Gasteiger partial charge on any atom is 0.432 e. The van der Waals surface area contributed by atoms with Gasteiger partial charge in [-0.3, -0.25) is 0 Å². The van der Waals surface area contributed by atoms with E-state index in [0.717, 1.165) is 4.57 Å². The van der Waals surface area contributed by atoms with Gasteiger partial charge >= 0.3 is 12.1 Å². The van der Waals surface area contributed by atoms with Crippen LogP contribution in [-0.2, 0) is 22.8 Å². The van der Waals surface area contributed by atoms with Gasteiger partial charge in [0.2, 0.25) is 0 Å². The zero-order valence-electron chi connectivity index (χ0n) is 13.6. The number of nitrogens with zero attached hydrogens (tertiary/aromatic N) is 1. The Bertz CT molecular complexity index is 837. The second-order valence-corrected chi connectivity index (χ2v) is 6.71. The molecule has 0 atom stereocenters. The lowest BCUT2D eigenvalue weighted by molar-refractivity contribution is -0.145. The van der Waals surface area contributed by atoms with Crippen molar-refractivity contribution in [1.29, 1.82) is 0 Å². The van der Waals surface area contributed by atoms with Crippen molar-refractivity contribution in [3.8, 4) is 16.9 Å². The Kier molecular flexibility index (Phi) is 6.52. The van der Waals surface area contributed by atoms with E-state index in [-0.39, 0.29) is 29.7 Å². The van der Waals surface area contributed by atoms with E-state index in [0.29, 0.717) is 10.0 Å². The summed E-state index contributed by atoms with van der Waals surface area (Å²) in [6.45, 7) is 1.52. The number of carbonyl (C=O) groups excluding carboxylic acids is 1. The molecule has 2 rings (SSSR count). The Balaban J connectivity index is 2.45. The van der Waals surface area contributed by atoms with E-state index in [1.54, 1.807) is 13.0 Å². The largest absolute Gasteiger partial charge is 0.481 e. The third kappa shape index (κ3) is 4.29. The van der Waals surface area contributed by atoms with Gasteiger partial charge in [0, 0.05) is 12.6 Å². The third-order valence-electron chi connectivity index (χ3n) is 3.40. The standard InChI is InChI=1S/C16H13BrCl2F3NO3/c1-3-25-11(24)7-26-10-6-8(4-5-9(10)17)12-13(18)14(16(20,21)22)23(2)15(12)19/h4-6H,3,7H2,1-2H3. The van der Waals surface area contributed by atoms with E-state index in [9.17, 15) is 18.0 Å². The lowest BCUT2D eigenvalue weighted by atomic mass is 10.1. The van der Waals surface area contributed by atoms with Gasteiger partial charge < -0.3 is 14.0 Å². The SMILES string of the molecule is CCOC(=O)COc1cc(-c2c(Cl)c(C(F)(F)F)n(C)c2Cl)ccc1Br. The summed E-state index contributed by atoms with van der Waals surface area (Å²) >= 11 is 15.3. The molecular formula is C16H13BrCl2F3NO3. The minimum atomic E-state index is -4.66. The van der Waals surface area contributed by atoms with Gasteiger partial charge in [0.1, 0.15) is 16.6 Å². The van der Waals surface area contributed by atoms with E-state index in [1.807, 2.05) is 0 Å². The summed E-state index contributed by atoms with van der Waals surface area (Å²) < 4.78 is 51.0. The van der Waals surface area contributed by atoms with Gasteiger partial charge in [-0.2, -0.15) is 13.2 Å². The second kappa shape index (κ2) is 8.10. The van der Waals surface area contributed by atoms with Crippen molar-refractivity contribution < 1.29 is 27.4 Å². The number of ether oxygens (including phenoxy) is 2. The molecule has 1 aromatic carbocycles. The number of esters is 1. The first-order chi connectivity index (χ1) is 12.1. The molecule has 10 heteroatoms. The average Bonchev–Trinajstić information content (AvgIpc) is 2.76. The molecule has 26 heavy (non-hydrogen) atoms. The quantitative estimate of drug-likeness (QED) is 0.520. The molecule has 0 amide bonds. The van der Waals surface area contributed by atoms with E-state index >= 15 is 0 Å². The van der Waals surface area contributed by atoms with Crippen molar-refractivity contribution in [2.24, 2.45) is 7.05 Å². The molecule has 142 valence electrons. The molecule has 0 N–H and O–H groups in total. The van der Waals surface area contributed by atoms with Crippen LogP contribution in [0.15, 0.2) is 22.7 Å². The van der Waals surface area contributed by atoms with Gasteiger partial charge in [0.15, 0.2) is 6.61 Å². The summed E-state index contributed by atoms with van der Waals surface area (Å²) in [6.07, 6.45) is -4.66. The highest BCUT2D eigenvalue weighted by molar-refractivity contribution is 9.10. The second-order valence-electron chi connectivity index (χ2n) is 5.12. The number of carbonyl (C=O) groups is 1. The van der Waals surface area contributed by atoms with Gasteiger partial charge in [0.25, 0.3) is 0 Å². The molecule has 0 fully saturated rings. The molecule has 0 saturated carbocycles. The number of hydrogen-bond donors (Lipinski definition) is 0. The summed E-state index contributed by atoms with van der Waals surface area (Å²) in [4.78, 5) is 11.4. The van der Waals surface area contributed by atoms with Crippen molar-refractivity contribution in [3.05, 3.63) is 38.5 Å². The molecule has 0 radical (unpaired) electrons. The van der Waals surface area contributed by atoms with Crippen molar-refractivity contribution in [2.75, 3.05) is 13.2 Å². The maximum absolute atomic E-state index is 13.2. The van der Waals surface area contributed by atoms with Gasteiger partial charge in [-0.25, -0.2) is 4.79 Å². The van der Waals surface area contributed by atoms with Crippen LogP contribution in [0.1, 0.15) is 12.6 Å². The minimum absolute atomic E-state index is 0.0247. The summed E-state index contributed by atoms with van der Waals surface area (Å²) in [5.74, 6) is -0.333. The summed E-state index contributed by atoms with van der Waals surface area (Å²) in [5, 5.41) is -0.676. The zero-order valence-corrected chi connectivity index (χ0v) is 16.7. The van der Waals surface area contributed by atoms with Crippen molar-refractivity contribution in [2.45, 2.75) is 13.1 Å². The van der Waals surface area contributed by atoms with Crippen molar-refractivity contribution in [3.63, 3.8) is 0 Å². The van der Waals surface area contributed by atoms with E-state index in [1.165, 1.54) is 19.2 Å². The van der Waals surface area contributed by atoms with Crippen LogP contribution in [0.4, 0.5) is 13.2 Å². The Morgan fingerprint density at radius 1 is 1.31 bits per heavy atom. The smallest absolute Gasteiger partial charge is 0.432 e. The van der Waals surface area contributed by atoms with E-state index in [2.05, 4.69) is 15.9 Å². The van der Waals surface area contributed by atoms with Crippen LogP contribution in [0.25, 0.3) is 11.1 Å². The number of hydrogen-bond acceptors (Lipinski definition) is 3. The normalized spacial score (nSPS) is 11.5. The maximum atomic E-state index is 13.2. The minimum Gasteiger partial charge on any atom is -0.481 e. The third-order valence-corrected chi connectivity index (χ3v) is 4.87. The molecule has 4 nitrogen and oxygen atoms in total. The van der Waals surface area contributed by atoms with Crippen LogP contribution in [0.5, 0.6) is 5.75 Å². The highest BCUT2D eigenvalue weighted by Crippen LogP contribution is 2.46. The van der Waals surface area contributed by atoms with Crippen molar-refractivity contribution >= 4 is 45.1 Å². The first kappa shape index (κ1) is 20.9. The molecule has 1 heterocycles. The molecule has 0 aliphatic rings. The molecule has 1 aromatic heterocycles. The number of alkyl halides is 3. The molecule has 0 aliphatic heterocycles. The number of halogens is 6. The van der Waals surface area contributed by atoms with E-state index in [4.69, 9.17) is 32.7 Å². The molecule has 0 aliphatic carbocycles. The summed E-state index contributed by atoms with van der Waals surface area (Å²) in [6, 6.07) is 4.54. The van der Waals surface area contributed by atoms with E-state index < -0.39 is 22.9 Å². The molecular weight excluding hydrogens is 462 g/mol. The Labute approximate surface area is 165 Å². The van der Waals surface area contributed by atoms with Gasteiger partial charge in [0.05, 0.1) is 16.1 Å². The Morgan fingerprint density at radius 3 is 2.50 bits per heavy atom. The van der Waals surface area contributed by atoms with Crippen LogP contribution in [0.3, 0.4) is 0 Å². The molecule has 0 spiro atoms. The number of aromatic nitrogens is 1. The lowest BCUT2D eigenvalue weighted by Gasteiger charge is -2.10. The van der Waals surface area contributed by atoms with Gasteiger partial charge in [-0.1, -0.05) is 29.3 Å². The van der Waals surface area contributed by atoms with Gasteiger partial charge in [-0.05, 0) is 40.5 Å². The molecule has 0 bridgehead atoms. The topological polar surface area (TPSA) is 40.5 Å². The monoisotopic (exact) mass is 473 g/mol. The fourth-order valence-electron chi connectivity index (χ4n) is 2.29. The lowest BCUT2D eigenvalue weighted by Crippen LogP contribution is -2.14. The van der Waals surface area contributed by atoms with Crippen LogP contribution < -0.4 is 4.74 Å². The average molecular weight is 475 g/mol. The van der Waals surface area contributed by atoms with Crippen molar-refractivity contribution in [1.82, 2.24) is 4.57 Å². The highest BCUT2D eigenvalue weighted by Gasteiger charge is 2.39. The Morgan fingerprint density at radius 2 is 1.96 bits per heavy atom. The zero-order chi connectivity index (χ0) is 19.6. The molecule has 0 unspecified atom stereocenters. The summed E-state index contributed by atoms with van der Waals surface area (Å²) in [5.41, 5.74) is -0.708. The fraction of sp³-hybridized carbons (Fsp3) is 0.312. The van der Waals surface area contributed by atoms with Crippen LogP contribution in [-0.4, -0.2) is 23.8 Å². The highest BCUT2D eigenvalue weighted by atomic mass is 79.9. The predicted octanol–water partition coefficient (Wildman–Crippen LogP) is 5.72. The van der Waals surface area contributed by atoms with Crippen LogP contribution in [0, 0.1) is 0 Å². The van der Waals surface area contributed by atoms with Gasteiger partial charge in [-0.15, -0.1) is 0 Å². The first-order valence-corrected chi connectivity index (χ1v) is 8.82. The van der Waals surface area contributed by atoms with Crippen LogP contribution in [0.2, 0.25) is 10.2 Å². The number of rotatable bonds is 5. The molecule has 2 aromatic rings. The molecule has 0 saturated heterocycles. The Hall–Kier alpha value is -1.38.